The normalized spacial score (nSPS) is 15.8. The van der Waals surface area contributed by atoms with E-state index in [1.807, 2.05) is 45.0 Å². The van der Waals surface area contributed by atoms with Crippen LogP contribution in [0.25, 0.3) is 0 Å². The zero-order valence-corrected chi connectivity index (χ0v) is 18.8. The van der Waals surface area contributed by atoms with Crippen molar-refractivity contribution < 1.29 is 23.8 Å². The minimum absolute atomic E-state index is 0.224. The molecule has 30 heavy (non-hydrogen) atoms. The van der Waals surface area contributed by atoms with Gasteiger partial charge in [-0.25, -0.2) is 0 Å². The summed E-state index contributed by atoms with van der Waals surface area (Å²) < 4.78 is 17.2. The van der Waals surface area contributed by atoms with E-state index in [4.69, 9.17) is 14.2 Å². The number of ether oxygens (including phenoxy) is 3. The molecule has 1 saturated heterocycles. The molecule has 7 heteroatoms. The van der Waals surface area contributed by atoms with Crippen LogP contribution < -0.4 is 19.5 Å². The fourth-order valence-corrected chi connectivity index (χ4v) is 4.63. The smallest absolute Gasteiger partial charge is 0.286 e. The zero-order chi connectivity index (χ0) is 21.8. The molecule has 0 saturated carbocycles. The van der Waals surface area contributed by atoms with Gasteiger partial charge in [-0.05, 0) is 61.6 Å². The van der Waals surface area contributed by atoms with Crippen molar-refractivity contribution in [2.45, 2.75) is 38.9 Å². The number of hydrogen-bond acceptors (Lipinski definition) is 6. The molecule has 1 aliphatic heterocycles. The maximum atomic E-state index is 11.7. The van der Waals surface area contributed by atoms with Gasteiger partial charge in [0.05, 0.1) is 26.1 Å². The van der Waals surface area contributed by atoms with Crippen molar-refractivity contribution in [3.8, 4) is 17.2 Å². The van der Waals surface area contributed by atoms with Gasteiger partial charge in [-0.3, -0.25) is 14.9 Å². The lowest BCUT2D eigenvalue weighted by atomic mass is 9.95. The number of carbonyl (C=O) groups excluding carboxylic acids is 2. The van der Waals surface area contributed by atoms with Gasteiger partial charge in [0.1, 0.15) is 17.2 Å². The Hall–Kier alpha value is -2.67. The van der Waals surface area contributed by atoms with Crippen LogP contribution in [0, 0.1) is 20.8 Å². The maximum absolute atomic E-state index is 11.7. The monoisotopic (exact) mass is 429 g/mol. The summed E-state index contributed by atoms with van der Waals surface area (Å²) in [5.41, 5.74) is 5.30. The van der Waals surface area contributed by atoms with E-state index in [1.54, 1.807) is 14.2 Å². The first kappa shape index (κ1) is 22.0. The molecule has 0 aromatic heterocycles. The highest BCUT2D eigenvalue weighted by Crippen LogP contribution is 2.37. The molecule has 1 heterocycles. The van der Waals surface area contributed by atoms with Crippen LogP contribution in [0.3, 0.4) is 0 Å². The fraction of sp³-hybridized carbons (Fsp3) is 0.391. The van der Waals surface area contributed by atoms with Crippen molar-refractivity contribution in [2.75, 3.05) is 20.8 Å². The highest BCUT2D eigenvalue weighted by atomic mass is 32.2. The predicted molar refractivity (Wildman–Crippen MR) is 118 cm³/mol. The Labute approximate surface area is 181 Å². The molecule has 0 radical (unpaired) electrons. The van der Waals surface area contributed by atoms with Crippen molar-refractivity contribution in [1.29, 1.82) is 0 Å². The standard InChI is InChI=1S/C23H27NO5S/c1-13-14(2)21(28-5)18(15(3)20(13)27-4)10-11-29-17-8-6-16(7-9-17)12-19-22(25)24-23(26)30-19/h6-9,19H,10-12H2,1-5H3,(H,24,25,26). The number of thioether (sulfide) groups is 1. The number of nitrogens with one attached hydrogen (secondary N) is 1. The van der Waals surface area contributed by atoms with Gasteiger partial charge in [0.15, 0.2) is 0 Å². The van der Waals surface area contributed by atoms with Crippen LogP contribution in [0.5, 0.6) is 17.2 Å². The SMILES string of the molecule is COc1c(C)c(C)c(OC)c(CCOc2ccc(CC3SC(=O)NC3=O)cc2)c1C. The second kappa shape index (κ2) is 9.43. The van der Waals surface area contributed by atoms with Crippen LogP contribution >= 0.6 is 11.8 Å². The summed E-state index contributed by atoms with van der Waals surface area (Å²) in [6, 6.07) is 7.63. The van der Waals surface area contributed by atoms with Gasteiger partial charge in [0.2, 0.25) is 5.91 Å². The molecule has 1 atom stereocenters. The molecule has 1 N–H and O–H groups in total. The number of benzene rings is 2. The zero-order valence-electron chi connectivity index (χ0n) is 18.0. The van der Waals surface area contributed by atoms with Gasteiger partial charge in [-0.1, -0.05) is 23.9 Å². The molecule has 2 amide bonds. The molecular weight excluding hydrogens is 402 g/mol. The predicted octanol–water partition coefficient (Wildman–Crippen LogP) is 4.14. The second-order valence-corrected chi connectivity index (χ2v) is 8.43. The summed E-state index contributed by atoms with van der Waals surface area (Å²) >= 11 is 1.04. The van der Waals surface area contributed by atoms with Crippen LogP contribution in [-0.2, 0) is 17.6 Å². The summed E-state index contributed by atoms with van der Waals surface area (Å²) in [5.74, 6) is 2.30. The molecule has 160 valence electrons. The molecular formula is C23H27NO5S. The highest BCUT2D eigenvalue weighted by molar-refractivity contribution is 8.15. The van der Waals surface area contributed by atoms with E-state index in [1.165, 1.54) is 0 Å². The molecule has 0 bridgehead atoms. The number of methoxy groups -OCH3 is 2. The molecule has 0 spiro atoms. The van der Waals surface area contributed by atoms with Gasteiger partial charge in [-0.2, -0.15) is 0 Å². The lowest BCUT2D eigenvalue weighted by molar-refractivity contribution is -0.118. The first-order chi connectivity index (χ1) is 14.3. The average Bonchev–Trinajstić information content (AvgIpc) is 3.04. The summed E-state index contributed by atoms with van der Waals surface area (Å²) in [6.45, 7) is 6.61. The fourth-order valence-electron chi connectivity index (χ4n) is 3.77. The van der Waals surface area contributed by atoms with E-state index in [-0.39, 0.29) is 16.4 Å². The molecule has 2 aromatic carbocycles. The quantitative estimate of drug-likeness (QED) is 0.680. The van der Waals surface area contributed by atoms with Gasteiger partial charge in [0.25, 0.3) is 5.24 Å². The van der Waals surface area contributed by atoms with E-state index in [2.05, 4.69) is 5.32 Å². The minimum Gasteiger partial charge on any atom is -0.496 e. The van der Waals surface area contributed by atoms with Crippen LogP contribution in [0.15, 0.2) is 24.3 Å². The Morgan fingerprint density at radius 3 is 2.13 bits per heavy atom. The van der Waals surface area contributed by atoms with Crippen molar-refractivity contribution in [3.63, 3.8) is 0 Å². The number of carbonyl (C=O) groups is 2. The molecule has 1 fully saturated rings. The third-order valence-corrected chi connectivity index (χ3v) is 6.43. The van der Waals surface area contributed by atoms with Gasteiger partial charge in [-0.15, -0.1) is 0 Å². The van der Waals surface area contributed by atoms with Crippen molar-refractivity contribution in [2.24, 2.45) is 0 Å². The van der Waals surface area contributed by atoms with E-state index >= 15 is 0 Å². The van der Waals surface area contributed by atoms with Gasteiger partial charge >= 0.3 is 0 Å². The van der Waals surface area contributed by atoms with Crippen molar-refractivity contribution in [3.05, 3.63) is 52.1 Å². The Morgan fingerprint density at radius 1 is 0.933 bits per heavy atom. The first-order valence-corrected chi connectivity index (χ1v) is 10.7. The van der Waals surface area contributed by atoms with Gasteiger partial charge in [0, 0.05) is 12.0 Å². The van der Waals surface area contributed by atoms with Gasteiger partial charge < -0.3 is 14.2 Å². The second-order valence-electron chi connectivity index (χ2n) is 7.25. The summed E-state index contributed by atoms with van der Waals surface area (Å²) in [7, 11) is 3.37. The van der Waals surface area contributed by atoms with Crippen LogP contribution in [0.1, 0.15) is 27.8 Å². The van der Waals surface area contributed by atoms with Crippen molar-refractivity contribution >= 4 is 22.9 Å². The van der Waals surface area contributed by atoms with E-state index in [0.29, 0.717) is 19.4 Å². The van der Waals surface area contributed by atoms with Crippen LogP contribution in [0.4, 0.5) is 4.79 Å². The maximum Gasteiger partial charge on any atom is 0.286 e. The number of imide groups is 1. The summed E-state index contributed by atoms with van der Waals surface area (Å²) in [5, 5.41) is 1.67. The third-order valence-electron chi connectivity index (χ3n) is 5.45. The lowest BCUT2D eigenvalue weighted by Gasteiger charge is -2.20. The molecule has 6 nitrogen and oxygen atoms in total. The first-order valence-electron chi connectivity index (χ1n) is 9.79. The lowest BCUT2D eigenvalue weighted by Crippen LogP contribution is -2.25. The van der Waals surface area contributed by atoms with E-state index in [9.17, 15) is 9.59 Å². The Bertz CT molecular complexity index is 955. The molecule has 2 aromatic rings. The van der Waals surface area contributed by atoms with Crippen molar-refractivity contribution in [1.82, 2.24) is 5.32 Å². The molecule has 1 unspecified atom stereocenters. The van der Waals surface area contributed by atoms with Crippen LogP contribution in [0.2, 0.25) is 0 Å². The van der Waals surface area contributed by atoms with Crippen LogP contribution in [-0.4, -0.2) is 37.2 Å². The largest absolute Gasteiger partial charge is 0.496 e. The minimum atomic E-state index is -0.362. The Balaban J connectivity index is 1.64. The third kappa shape index (κ3) is 4.56. The Morgan fingerprint density at radius 2 is 1.57 bits per heavy atom. The average molecular weight is 430 g/mol. The molecule has 3 rings (SSSR count). The Kier molecular flexibility index (Phi) is 6.92. The highest BCUT2D eigenvalue weighted by Gasteiger charge is 2.31. The summed E-state index contributed by atoms with van der Waals surface area (Å²) in [4.78, 5) is 23.0. The number of hydrogen-bond donors (Lipinski definition) is 1. The molecule has 0 aliphatic carbocycles. The number of amides is 2. The number of rotatable bonds is 8. The summed E-state index contributed by atoms with van der Waals surface area (Å²) in [6.07, 6.45) is 1.20. The van der Waals surface area contributed by atoms with E-state index < -0.39 is 0 Å². The molecule has 1 aliphatic rings. The topological polar surface area (TPSA) is 73.9 Å². The van der Waals surface area contributed by atoms with E-state index in [0.717, 1.165) is 56.8 Å².